The Morgan fingerprint density at radius 2 is 1.61 bits per heavy atom. The normalized spacial score (nSPS) is 10.8. The van der Waals surface area contributed by atoms with E-state index in [1.165, 1.54) is 11.1 Å². The molecule has 5 rings (SSSR count). The topological polar surface area (TPSA) is 40.5 Å². The van der Waals surface area contributed by atoms with Crippen LogP contribution in [-0.2, 0) is 17.8 Å². The van der Waals surface area contributed by atoms with Crippen molar-refractivity contribution in [1.29, 1.82) is 0 Å². The summed E-state index contributed by atoms with van der Waals surface area (Å²) in [7, 11) is 0. The molecule has 0 radical (unpaired) electrons. The van der Waals surface area contributed by atoms with Crippen molar-refractivity contribution in [2.75, 3.05) is 6.61 Å². The van der Waals surface area contributed by atoms with Gasteiger partial charge in [-0.3, -0.25) is 0 Å². The Labute approximate surface area is 231 Å². The molecule has 1 heterocycles. The number of ether oxygens (including phenoxy) is 2. The van der Waals surface area contributed by atoms with E-state index in [4.69, 9.17) is 9.47 Å². The lowest BCUT2D eigenvalue weighted by atomic mass is 10.0. The molecule has 0 N–H and O–H groups in total. The zero-order chi connectivity index (χ0) is 26.3. The third kappa shape index (κ3) is 6.06. The van der Waals surface area contributed by atoms with E-state index < -0.39 is 0 Å². The van der Waals surface area contributed by atoms with Gasteiger partial charge in [-0.2, -0.15) is 0 Å². The summed E-state index contributed by atoms with van der Waals surface area (Å²) < 4.78 is 14.6. The maximum atomic E-state index is 12.3. The number of carbonyl (C=O) groups excluding carboxylic acids is 1. The second-order valence-corrected chi connectivity index (χ2v) is 9.84. The molecule has 0 amide bonds. The summed E-state index contributed by atoms with van der Waals surface area (Å²) in [6.45, 7) is 2.64. The van der Waals surface area contributed by atoms with E-state index in [2.05, 4.69) is 81.2 Å². The summed E-state index contributed by atoms with van der Waals surface area (Å²) in [6, 6.07) is 36.6. The molecule has 38 heavy (non-hydrogen) atoms. The van der Waals surface area contributed by atoms with Gasteiger partial charge in [0, 0.05) is 34.0 Å². The van der Waals surface area contributed by atoms with E-state index in [-0.39, 0.29) is 5.97 Å². The second kappa shape index (κ2) is 12.0. The van der Waals surface area contributed by atoms with E-state index in [1.54, 1.807) is 6.07 Å². The van der Waals surface area contributed by atoms with E-state index in [1.807, 2.05) is 55.6 Å². The van der Waals surface area contributed by atoms with Gasteiger partial charge >= 0.3 is 5.97 Å². The highest BCUT2D eigenvalue weighted by Crippen LogP contribution is 2.28. The lowest BCUT2D eigenvalue weighted by Crippen LogP contribution is -2.07. The van der Waals surface area contributed by atoms with Crippen molar-refractivity contribution >= 4 is 21.9 Å². The minimum atomic E-state index is -0.317. The lowest BCUT2D eigenvalue weighted by molar-refractivity contribution is 0.0526. The van der Waals surface area contributed by atoms with Gasteiger partial charge in [-0.1, -0.05) is 76.6 Å². The molecule has 5 aromatic rings. The Hall–Kier alpha value is -4.09. The molecule has 190 valence electrons. The quantitative estimate of drug-likeness (QED) is 0.169. The molecule has 0 bridgehead atoms. The van der Waals surface area contributed by atoms with Crippen LogP contribution in [0, 0.1) is 0 Å². The van der Waals surface area contributed by atoms with Crippen LogP contribution in [0.1, 0.15) is 34.1 Å². The molecular formula is C33H28BrNO3. The molecule has 0 fully saturated rings. The average molecular weight is 566 g/mol. The fraction of sp³-hybridized carbons (Fsp3) is 0.121. The van der Waals surface area contributed by atoms with Crippen LogP contribution in [0.3, 0.4) is 0 Å². The SMILES string of the molecule is CCOC(=O)c1cccc(-n2cccc2Cc2cc(Br)ccc2OCc2ccc(-c3ccccc3)cc2)c1. The van der Waals surface area contributed by atoms with Crippen molar-refractivity contribution in [3.8, 4) is 22.6 Å². The predicted octanol–water partition coefficient (Wildman–Crippen LogP) is 8.25. The number of hydrogen-bond donors (Lipinski definition) is 0. The Balaban J connectivity index is 1.33. The van der Waals surface area contributed by atoms with Crippen LogP contribution < -0.4 is 4.74 Å². The van der Waals surface area contributed by atoms with Gasteiger partial charge in [0.25, 0.3) is 0 Å². The van der Waals surface area contributed by atoms with Gasteiger partial charge in [-0.25, -0.2) is 4.79 Å². The Bertz CT molecular complexity index is 1520. The maximum Gasteiger partial charge on any atom is 0.338 e. The number of rotatable bonds is 9. The number of esters is 1. The highest BCUT2D eigenvalue weighted by molar-refractivity contribution is 9.10. The van der Waals surface area contributed by atoms with Crippen LogP contribution in [0.15, 0.2) is 120 Å². The number of halogens is 1. The Morgan fingerprint density at radius 1 is 0.816 bits per heavy atom. The van der Waals surface area contributed by atoms with Gasteiger partial charge in [-0.05, 0) is 72.1 Å². The van der Waals surface area contributed by atoms with Gasteiger partial charge in [0.15, 0.2) is 0 Å². The molecule has 1 aromatic heterocycles. The largest absolute Gasteiger partial charge is 0.489 e. The third-order valence-corrected chi connectivity index (χ3v) is 6.81. The molecule has 0 saturated heterocycles. The second-order valence-electron chi connectivity index (χ2n) is 8.92. The number of aromatic nitrogens is 1. The van der Waals surface area contributed by atoms with Crippen molar-refractivity contribution in [3.05, 3.63) is 142 Å². The van der Waals surface area contributed by atoms with Crippen molar-refractivity contribution in [2.24, 2.45) is 0 Å². The molecule has 0 aliphatic carbocycles. The van der Waals surface area contributed by atoms with Crippen LogP contribution >= 0.6 is 15.9 Å². The Kier molecular flexibility index (Phi) is 8.05. The zero-order valence-electron chi connectivity index (χ0n) is 21.1. The first kappa shape index (κ1) is 25.6. The van der Waals surface area contributed by atoms with Crippen LogP contribution in [0.2, 0.25) is 0 Å². The van der Waals surface area contributed by atoms with Crippen molar-refractivity contribution in [2.45, 2.75) is 20.0 Å². The molecule has 0 aliphatic heterocycles. The maximum absolute atomic E-state index is 12.3. The smallest absolute Gasteiger partial charge is 0.338 e. The first-order chi connectivity index (χ1) is 18.6. The zero-order valence-corrected chi connectivity index (χ0v) is 22.7. The fourth-order valence-corrected chi connectivity index (χ4v) is 4.83. The summed E-state index contributed by atoms with van der Waals surface area (Å²) in [5.41, 5.74) is 7.10. The van der Waals surface area contributed by atoms with Crippen molar-refractivity contribution < 1.29 is 14.3 Å². The minimum Gasteiger partial charge on any atom is -0.489 e. The van der Waals surface area contributed by atoms with Crippen LogP contribution in [0.4, 0.5) is 0 Å². The lowest BCUT2D eigenvalue weighted by Gasteiger charge is -2.15. The van der Waals surface area contributed by atoms with E-state index in [0.29, 0.717) is 25.2 Å². The summed E-state index contributed by atoms with van der Waals surface area (Å²) in [4.78, 5) is 12.3. The molecular weight excluding hydrogens is 538 g/mol. The van der Waals surface area contributed by atoms with Crippen LogP contribution in [0.5, 0.6) is 5.75 Å². The number of benzene rings is 4. The summed E-state index contributed by atoms with van der Waals surface area (Å²) in [6.07, 6.45) is 2.67. The number of nitrogens with zero attached hydrogens (tertiary/aromatic N) is 1. The highest BCUT2D eigenvalue weighted by Gasteiger charge is 2.13. The number of carbonyl (C=O) groups is 1. The molecule has 4 nitrogen and oxygen atoms in total. The van der Waals surface area contributed by atoms with Crippen LogP contribution in [-0.4, -0.2) is 17.1 Å². The molecule has 0 unspecified atom stereocenters. The van der Waals surface area contributed by atoms with Gasteiger partial charge < -0.3 is 14.0 Å². The first-order valence-electron chi connectivity index (χ1n) is 12.6. The molecule has 0 aliphatic rings. The standard InChI is InChI=1S/C33H28BrNO3/c1-2-37-33(36)27-10-6-11-30(21-27)35-19-7-12-31(35)22-28-20-29(34)17-18-32(28)38-23-24-13-15-26(16-14-24)25-8-4-3-5-9-25/h3-21H,2,22-23H2,1H3. The summed E-state index contributed by atoms with van der Waals surface area (Å²) in [5.74, 6) is 0.524. The minimum absolute atomic E-state index is 0.317. The summed E-state index contributed by atoms with van der Waals surface area (Å²) >= 11 is 3.62. The Morgan fingerprint density at radius 3 is 2.39 bits per heavy atom. The van der Waals surface area contributed by atoms with E-state index >= 15 is 0 Å². The van der Waals surface area contributed by atoms with Gasteiger partial charge in [0.05, 0.1) is 12.2 Å². The molecule has 0 atom stereocenters. The third-order valence-electron chi connectivity index (χ3n) is 6.32. The summed E-state index contributed by atoms with van der Waals surface area (Å²) in [5, 5.41) is 0. The van der Waals surface area contributed by atoms with Gasteiger partial charge in [-0.15, -0.1) is 0 Å². The van der Waals surface area contributed by atoms with Gasteiger partial charge in [0.1, 0.15) is 12.4 Å². The van der Waals surface area contributed by atoms with Crippen molar-refractivity contribution in [1.82, 2.24) is 4.57 Å². The van der Waals surface area contributed by atoms with Crippen LogP contribution in [0.25, 0.3) is 16.8 Å². The highest BCUT2D eigenvalue weighted by atomic mass is 79.9. The average Bonchev–Trinajstić information content (AvgIpc) is 3.42. The van der Waals surface area contributed by atoms with Gasteiger partial charge in [0.2, 0.25) is 0 Å². The van der Waals surface area contributed by atoms with Crippen molar-refractivity contribution in [3.63, 3.8) is 0 Å². The fourth-order valence-electron chi connectivity index (χ4n) is 4.42. The molecule has 4 aromatic carbocycles. The van der Waals surface area contributed by atoms with E-state index in [0.717, 1.165) is 32.7 Å². The first-order valence-corrected chi connectivity index (χ1v) is 13.4. The van der Waals surface area contributed by atoms with E-state index in [9.17, 15) is 4.79 Å². The predicted molar refractivity (Wildman–Crippen MR) is 155 cm³/mol. The molecule has 0 saturated carbocycles. The molecule has 0 spiro atoms. The molecule has 5 heteroatoms. The monoisotopic (exact) mass is 565 g/mol. The number of hydrogen-bond acceptors (Lipinski definition) is 3.